The van der Waals surface area contributed by atoms with E-state index in [4.69, 9.17) is 23.7 Å². The minimum absolute atomic E-state index is 0.00628. The number of rotatable bonds is 11. The van der Waals surface area contributed by atoms with Crippen LogP contribution in [-0.4, -0.2) is 63.5 Å². The molecule has 27 heavy (non-hydrogen) atoms. The molecule has 0 aromatic rings. The van der Waals surface area contributed by atoms with Crippen molar-refractivity contribution in [1.82, 2.24) is 5.32 Å². The smallest absolute Gasteiger partial charge is 0.337 e. The van der Waals surface area contributed by atoms with Crippen LogP contribution in [0.2, 0.25) is 0 Å². The number of carbonyl (C=O) groups excluding carboxylic acids is 2. The number of carbonyl (C=O) groups is 2. The van der Waals surface area contributed by atoms with Gasteiger partial charge in [0.25, 0.3) is 0 Å². The Kier molecular flexibility index (Phi) is 10.0. The Balaban J connectivity index is 1.67. The molecule has 1 amide bonds. The summed E-state index contributed by atoms with van der Waals surface area (Å²) in [6.07, 6.45) is 6.40. The fourth-order valence-electron chi connectivity index (χ4n) is 3.39. The molecule has 0 aliphatic carbocycles. The van der Waals surface area contributed by atoms with Crippen LogP contribution in [-0.2, 0) is 33.3 Å². The van der Waals surface area contributed by atoms with Crippen molar-refractivity contribution in [2.75, 3.05) is 27.2 Å². The third kappa shape index (κ3) is 7.03. The largest absolute Gasteiger partial charge is 0.467 e. The van der Waals surface area contributed by atoms with E-state index < -0.39 is 30.4 Å². The van der Waals surface area contributed by atoms with Crippen molar-refractivity contribution in [3.05, 3.63) is 0 Å². The number of ether oxygens (including phenoxy) is 5. The Morgan fingerprint density at radius 2 is 1.59 bits per heavy atom. The van der Waals surface area contributed by atoms with Gasteiger partial charge in [-0.3, -0.25) is 4.79 Å². The molecule has 2 aliphatic rings. The lowest BCUT2D eigenvalue weighted by atomic mass is 10.00. The number of hydrogen-bond acceptors (Lipinski definition) is 7. The molecule has 0 unspecified atom stereocenters. The maximum Gasteiger partial charge on any atom is 0.337 e. The van der Waals surface area contributed by atoms with Gasteiger partial charge in [0, 0.05) is 13.0 Å². The molecule has 0 radical (unpaired) electrons. The highest BCUT2D eigenvalue weighted by atomic mass is 16.8. The summed E-state index contributed by atoms with van der Waals surface area (Å²) < 4.78 is 26.7. The van der Waals surface area contributed by atoms with Crippen LogP contribution in [0, 0.1) is 0 Å². The predicted molar refractivity (Wildman–Crippen MR) is 96.9 cm³/mol. The zero-order chi connectivity index (χ0) is 19.5. The van der Waals surface area contributed by atoms with Gasteiger partial charge in [-0.1, -0.05) is 45.4 Å². The second kappa shape index (κ2) is 12.3. The van der Waals surface area contributed by atoms with Crippen LogP contribution < -0.4 is 5.32 Å². The second-order valence-electron chi connectivity index (χ2n) is 6.99. The summed E-state index contributed by atoms with van der Waals surface area (Å²) in [4.78, 5) is 23.9. The quantitative estimate of drug-likeness (QED) is 0.427. The number of esters is 1. The second-order valence-corrected chi connectivity index (χ2v) is 6.99. The highest BCUT2D eigenvalue weighted by Crippen LogP contribution is 2.26. The van der Waals surface area contributed by atoms with Crippen LogP contribution in [0.5, 0.6) is 0 Å². The van der Waals surface area contributed by atoms with Crippen LogP contribution >= 0.6 is 0 Å². The number of nitrogens with one attached hydrogen (secondary N) is 1. The third-order valence-corrected chi connectivity index (χ3v) is 4.98. The molecule has 156 valence electrons. The first-order valence-electron chi connectivity index (χ1n) is 9.98. The molecule has 2 saturated heterocycles. The van der Waals surface area contributed by atoms with Crippen LogP contribution in [0.15, 0.2) is 0 Å². The average molecular weight is 387 g/mol. The summed E-state index contributed by atoms with van der Waals surface area (Å²) in [5, 5.41) is 2.90. The van der Waals surface area contributed by atoms with Crippen molar-refractivity contribution in [1.29, 1.82) is 0 Å². The van der Waals surface area contributed by atoms with E-state index in [2.05, 4.69) is 12.2 Å². The normalized spacial score (nSPS) is 27.6. The Hall–Kier alpha value is -1.22. The van der Waals surface area contributed by atoms with Gasteiger partial charge in [-0.05, 0) is 6.42 Å². The van der Waals surface area contributed by atoms with Gasteiger partial charge in [0.05, 0.1) is 7.11 Å². The number of unbranched alkanes of at least 4 members (excludes halogenated alkanes) is 6. The van der Waals surface area contributed by atoms with E-state index in [0.717, 1.165) is 12.8 Å². The van der Waals surface area contributed by atoms with E-state index in [1.54, 1.807) is 0 Å². The zero-order valence-electron chi connectivity index (χ0n) is 16.4. The Labute approximate surface area is 161 Å². The van der Waals surface area contributed by atoms with E-state index in [-0.39, 0.29) is 19.5 Å². The maximum absolute atomic E-state index is 12.1. The van der Waals surface area contributed by atoms with E-state index in [1.165, 1.54) is 39.2 Å². The third-order valence-electron chi connectivity index (χ3n) is 4.98. The number of hydrogen-bond donors (Lipinski definition) is 1. The molecule has 0 aromatic carbocycles. The SMILES string of the molecule is CCCCCCCCCC(=O)NC[C@H]1OCO[C@H]2[C@@H]1OCO[C@H]2C(=O)OC. The summed E-state index contributed by atoms with van der Waals surface area (Å²) >= 11 is 0. The Bertz CT molecular complexity index is 459. The van der Waals surface area contributed by atoms with Crippen molar-refractivity contribution in [2.24, 2.45) is 0 Å². The molecule has 1 N–H and O–H groups in total. The monoisotopic (exact) mass is 387 g/mol. The Morgan fingerprint density at radius 3 is 2.33 bits per heavy atom. The standard InChI is InChI=1S/C19H33NO7/c1-3-4-5-6-7-8-9-10-15(21)20-11-14-16-17(26-12-24-14)18(19(22)23-2)27-13-25-16/h14,16-18H,3-13H2,1-2H3,(H,20,21)/t14-,16-,17+,18-/m1/s1. The molecule has 2 heterocycles. The molecule has 8 nitrogen and oxygen atoms in total. The molecule has 2 rings (SSSR count). The predicted octanol–water partition coefficient (Wildman–Crippen LogP) is 1.90. The van der Waals surface area contributed by atoms with Crippen molar-refractivity contribution in [2.45, 2.75) is 82.7 Å². The molecule has 0 aromatic heterocycles. The summed E-state index contributed by atoms with van der Waals surface area (Å²) in [7, 11) is 1.30. The molecular formula is C19H33NO7. The number of methoxy groups -OCH3 is 1. The number of amides is 1. The lowest BCUT2D eigenvalue weighted by Gasteiger charge is -2.43. The van der Waals surface area contributed by atoms with Gasteiger partial charge in [-0.15, -0.1) is 0 Å². The van der Waals surface area contributed by atoms with Gasteiger partial charge in [0.2, 0.25) is 5.91 Å². The first-order chi connectivity index (χ1) is 13.2. The zero-order valence-corrected chi connectivity index (χ0v) is 16.4. The van der Waals surface area contributed by atoms with Crippen LogP contribution in [0.4, 0.5) is 0 Å². The molecule has 0 bridgehead atoms. The lowest BCUT2D eigenvalue weighted by Crippen LogP contribution is -2.61. The summed E-state index contributed by atoms with van der Waals surface area (Å²) in [5.41, 5.74) is 0. The summed E-state index contributed by atoms with van der Waals surface area (Å²) in [6.45, 7) is 2.49. The molecule has 8 heteroatoms. The van der Waals surface area contributed by atoms with E-state index in [9.17, 15) is 9.59 Å². The topological polar surface area (TPSA) is 92.3 Å². The van der Waals surface area contributed by atoms with Crippen LogP contribution in [0.1, 0.15) is 58.3 Å². The fraction of sp³-hybridized carbons (Fsp3) is 0.895. The summed E-state index contributed by atoms with van der Waals surface area (Å²) in [6, 6.07) is 0. The van der Waals surface area contributed by atoms with Gasteiger partial charge >= 0.3 is 5.97 Å². The highest BCUT2D eigenvalue weighted by Gasteiger charge is 2.47. The summed E-state index contributed by atoms with van der Waals surface area (Å²) in [5.74, 6) is -0.497. The highest BCUT2D eigenvalue weighted by molar-refractivity contribution is 5.76. The first-order valence-corrected chi connectivity index (χ1v) is 9.98. The minimum atomic E-state index is -0.844. The van der Waals surface area contributed by atoms with Crippen molar-refractivity contribution >= 4 is 11.9 Å². The van der Waals surface area contributed by atoms with Gasteiger partial charge < -0.3 is 29.0 Å². The van der Waals surface area contributed by atoms with Crippen LogP contribution in [0.25, 0.3) is 0 Å². The van der Waals surface area contributed by atoms with E-state index in [0.29, 0.717) is 13.0 Å². The lowest BCUT2D eigenvalue weighted by molar-refractivity contribution is -0.318. The van der Waals surface area contributed by atoms with Crippen LogP contribution in [0.3, 0.4) is 0 Å². The van der Waals surface area contributed by atoms with Crippen molar-refractivity contribution < 1.29 is 33.3 Å². The molecule has 2 aliphatic heterocycles. The molecule has 0 spiro atoms. The fourth-order valence-corrected chi connectivity index (χ4v) is 3.39. The van der Waals surface area contributed by atoms with Gasteiger partial charge in [-0.2, -0.15) is 0 Å². The average Bonchev–Trinajstić information content (AvgIpc) is 2.70. The molecular weight excluding hydrogens is 354 g/mol. The maximum atomic E-state index is 12.1. The molecule has 0 saturated carbocycles. The van der Waals surface area contributed by atoms with Gasteiger partial charge in [0.15, 0.2) is 6.10 Å². The first kappa shape index (κ1) is 22.1. The Morgan fingerprint density at radius 1 is 0.926 bits per heavy atom. The molecule has 2 fully saturated rings. The number of fused-ring (bicyclic) bond motifs is 1. The molecule has 4 atom stereocenters. The van der Waals surface area contributed by atoms with Gasteiger partial charge in [0.1, 0.15) is 31.9 Å². The van der Waals surface area contributed by atoms with Crippen molar-refractivity contribution in [3.8, 4) is 0 Å². The van der Waals surface area contributed by atoms with Crippen molar-refractivity contribution in [3.63, 3.8) is 0 Å². The van der Waals surface area contributed by atoms with E-state index in [1.807, 2.05) is 0 Å². The van der Waals surface area contributed by atoms with E-state index >= 15 is 0 Å². The minimum Gasteiger partial charge on any atom is -0.467 e. The van der Waals surface area contributed by atoms with Gasteiger partial charge in [-0.25, -0.2) is 4.79 Å².